The lowest BCUT2D eigenvalue weighted by Gasteiger charge is -2.21. The Labute approximate surface area is 119 Å². The molecule has 1 aliphatic rings. The number of hydrogen-bond acceptors (Lipinski definition) is 5. The smallest absolute Gasteiger partial charge is 0.330 e. The highest BCUT2D eigenvalue weighted by Gasteiger charge is 2.40. The Morgan fingerprint density at radius 2 is 2.19 bits per heavy atom. The van der Waals surface area contributed by atoms with Gasteiger partial charge in [0.05, 0.1) is 12.3 Å². The second-order valence-electron chi connectivity index (χ2n) is 5.33. The Bertz CT molecular complexity index is 651. The highest BCUT2D eigenvalue weighted by molar-refractivity contribution is 5.66. The van der Waals surface area contributed by atoms with E-state index in [0.29, 0.717) is 0 Å². The predicted octanol–water partition coefficient (Wildman–Crippen LogP) is 0.551. The molecule has 0 unspecified atom stereocenters. The van der Waals surface area contributed by atoms with Gasteiger partial charge in [0.2, 0.25) is 5.82 Å². The van der Waals surface area contributed by atoms with Crippen molar-refractivity contribution in [2.45, 2.75) is 45.6 Å². The zero-order chi connectivity index (χ0) is 15.7. The molecule has 3 atom stereocenters. The third kappa shape index (κ3) is 3.21. The lowest BCUT2D eigenvalue weighted by atomic mass is 10.0. The highest BCUT2D eigenvalue weighted by Crippen LogP contribution is 2.33. The number of nitrogens with one attached hydrogen (secondary N) is 1. The van der Waals surface area contributed by atoms with Gasteiger partial charge in [-0.3, -0.25) is 19.1 Å². The van der Waals surface area contributed by atoms with E-state index in [9.17, 15) is 18.8 Å². The number of ether oxygens (including phenoxy) is 2. The van der Waals surface area contributed by atoms with E-state index >= 15 is 0 Å². The number of H-pyrrole nitrogens is 1. The minimum atomic E-state index is -1.08. The fourth-order valence-electron chi connectivity index (χ4n) is 2.43. The summed E-state index contributed by atoms with van der Waals surface area (Å²) in [5.41, 5.74) is -1.84. The van der Waals surface area contributed by atoms with Gasteiger partial charge in [-0.2, -0.15) is 4.39 Å². The number of halogens is 1. The molecule has 2 rings (SSSR count). The molecule has 0 saturated carbocycles. The summed E-state index contributed by atoms with van der Waals surface area (Å²) in [7, 11) is 0. The maximum absolute atomic E-state index is 13.3. The van der Waals surface area contributed by atoms with Crippen molar-refractivity contribution in [3.05, 3.63) is 32.9 Å². The second-order valence-corrected chi connectivity index (χ2v) is 5.33. The van der Waals surface area contributed by atoms with Crippen LogP contribution >= 0.6 is 0 Å². The van der Waals surface area contributed by atoms with Crippen LogP contribution in [0.15, 0.2) is 15.8 Å². The lowest BCUT2D eigenvalue weighted by molar-refractivity contribution is -0.150. The molecule has 0 aromatic carbocycles. The van der Waals surface area contributed by atoms with Gasteiger partial charge in [-0.05, 0) is 5.92 Å². The van der Waals surface area contributed by atoms with Crippen LogP contribution in [0.2, 0.25) is 0 Å². The van der Waals surface area contributed by atoms with Gasteiger partial charge in [-0.15, -0.1) is 0 Å². The number of esters is 1. The summed E-state index contributed by atoms with van der Waals surface area (Å²) in [6.45, 7) is 5.07. The Morgan fingerprint density at radius 1 is 1.52 bits per heavy atom. The SMILES string of the molecule is CC(=O)O[C@H]1C[C@H](n2cc(F)c(=O)[nH]c2=O)O[C@@H]1C(C)C. The van der Waals surface area contributed by atoms with E-state index in [4.69, 9.17) is 9.47 Å². The third-order valence-electron chi connectivity index (χ3n) is 3.32. The monoisotopic (exact) mass is 300 g/mol. The fraction of sp³-hybridized carbons (Fsp3) is 0.615. The van der Waals surface area contributed by atoms with Crippen molar-refractivity contribution in [2.24, 2.45) is 5.92 Å². The molecule has 1 N–H and O–H groups in total. The fourth-order valence-corrected chi connectivity index (χ4v) is 2.43. The first-order chi connectivity index (χ1) is 9.79. The van der Waals surface area contributed by atoms with Crippen LogP contribution in [0, 0.1) is 11.7 Å². The van der Waals surface area contributed by atoms with Crippen molar-refractivity contribution in [1.82, 2.24) is 9.55 Å². The van der Waals surface area contributed by atoms with Crippen molar-refractivity contribution < 1.29 is 18.7 Å². The van der Waals surface area contributed by atoms with Gasteiger partial charge in [-0.25, -0.2) is 4.79 Å². The molecular weight excluding hydrogens is 283 g/mol. The third-order valence-corrected chi connectivity index (χ3v) is 3.32. The summed E-state index contributed by atoms with van der Waals surface area (Å²) in [5.74, 6) is -1.48. The lowest BCUT2D eigenvalue weighted by Crippen LogP contribution is -2.34. The van der Waals surface area contributed by atoms with Crippen LogP contribution < -0.4 is 11.2 Å². The van der Waals surface area contributed by atoms with Gasteiger partial charge < -0.3 is 9.47 Å². The average Bonchev–Trinajstić information content (AvgIpc) is 2.76. The van der Waals surface area contributed by atoms with Crippen molar-refractivity contribution >= 4 is 5.97 Å². The summed E-state index contributed by atoms with van der Waals surface area (Å²) in [5, 5.41) is 0. The molecule has 0 radical (unpaired) electrons. The molecule has 1 saturated heterocycles. The Kier molecular flexibility index (Phi) is 4.26. The van der Waals surface area contributed by atoms with Crippen molar-refractivity contribution in [1.29, 1.82) is 0 Å². The van der Waals surface area contributed by atoms with Gasteiger partial charge in [0.25, 0.3) is 5.56 Å². The van der Waals surface area contributed by atoms with E-state index in [1.54, 1.807) is 0 Å². The molecule has 21 heavy (non-hydrogen) atoms. The Morgan fingerprint density at radius 3 is 2.76 bits per heavy atom. The minimum Gasteiger partial charge on any atom is -0.460 e. The highest BCUT2D eigenvalue weighted by atomic mass is 19.1. The van der Waals surface area contributed by atoms with Gasteiger partial charge in [0, 0.05) is 13.3 Å². The molecule has 1 fully saturated rings. The van der Waals surface area contributed by atoms with Crippen LogP contribution in [-0.4, -0.2) is 27.7 Å². The molecule has 1 aromatic heterocycles. The number of aromatic amines is 1. The van der Waals surface area contributed by atoms with E-state index in [-0.39, 0.29) is 12.3 Å². The van der Waals surface area contributed by atoms with E-state index < -0.39 is 41.5 Å². The number of nitrogens with zero attached hydrogens (tertiary/aromatic N) is 1. The second kappa shape index (κ2) is 5.80. The maximum Gasteiger partial charge on any atom is 0.330 e. The first-order valence-electron chi connectivity index (χ1n) is 6.63. The van der Waals surface area contributed by atoms with Crippen molar-refractivity contribution in [3.8, 4) is 0 Å². The number of aromatic nitrogens is 2. The number of hydrogen-bond donors (Lipinski definition) is 1. The van der Waals surface area contributed by atoms with E-state index in [1.165, 1.54) is 6.92 Å². The van der Waals surface area contributed by atoms with Crippen LogP contribution in [0.4, 0.5) is 4.39 Å². The van der Waals surface area contributed by atoms with Crippen LogP contribution in [-0.2, 0) is 14.3 Å². The van der Waals surface area contributed by atoms with Crippen molar-refractivity contribution in [2.75, 3.05) is 0 Å². The molecule has 0 bridgehead atoms. The average molecular weight is 300 g/mol. The summed E-state index contributed by atoms with van der Waals surface area (Å²) >= 11 is 0. The van der Waals surface area contributed by atoms with Gasteiger partial charge >= 0.3 is 11.7 Å². The molecule has 8 heteroatoms. The first kappa shape index (κ1) is 15.4. The molecule has 7 nitrogen and oxygen atoms in total. The quantitative estimate of drug-likeness (QED) is 0.823. The standard InChI is InChI=1S/C13H17FN2O5/c1-6(2)11-9(20-7(3)17)4-10(21-11)16-5-8(14)12(18)15-13(16)19/h5-6,9-11H,4H2,1-3H3,(H,15,18,19)/t9-,10+,11+/m0/s1. The van der Waals surface area contributed by atoms with Crippen LogP contribution in [0.5, 0.6) is 0 Å². The molecule has 0 amide bonds. The molecule has 0 spiro atoms. The largest absolute Gasteiger partial charge is 0.460 e. The number of carbonyl (C=O) groups excluding carboxylic acids is 1. The summed E-state index contributed by atoms with van der Waals surface area (Å²) in [4.78, 5) is 35.8. The Hall–Kier alpha value is -1.96. The van der Waals surface area contributed by atoms with Crippen LogP contribution in [0.3, 0.4) is 0 Å². The zero-order valence-electron chi connectivity index (χ0n) is 12.0. The topological polar surface area (TPSA) is 90.4 Å². The van der Waals surface area contributed by atoms with E-state index in [0.717, 1.165) is 10.8 Å². The molecule has 116 valence electrons. The number of carbonyl (C=O) groups is 1. The van der Waals surface area contributed by atoms with E-state index in [1.807, 2.05) is 18.8 Å². The van der Waals surface area contributed by atoms with Gasteiger partial charge in [0.1, 0.15) is 12.3 Å². The van der Waals surface area contributed by atoms with Gasteiger partial charge in [-0.1, -0.05) is 13.8 Å². The normalized spacial score (nSPS) is 25.3. The number of rotatable bonds is 3. The van der Waals surface area contributed by atoms with Crippen LogP contribution in [0.25, 0.3) is 0 Å². The van der Waals surface area contributed by atoms with Crippen molar-refractivity contribution in [3.63, 3.8) is 0 Å². The minimum absolute atomic E-state index is 0.0441. The van der Waals surface area contributed by atoms with Crippen LogP contribution in [0.1, 0.15) is 33.4 Å². The van der Waals surface area contributed by atoms with Gasteiger partial charge in [0.15, 0.2) is 0 Å². The zero-order valence-corrected chi connectivity index (χ0v) is 12.0. The summed E-state index contributed by atoms with van der Waals surface area (Å²) in [6, 6.07) is 0. The molecule has 0 aliphatic carbocycles. The van der Waals surface area contributed by atoms with E-state index in [2.05, 4.69) is 0 Å². The molecular formula is C13H17FN2O5. The predicted molar refractivity (Wildman–Crippen MR) is 70.2 cm³/mol. The molecule has 1 aliphatic heterocycles. The maximum atomic E-state index is 13.3. The molecule has 2 heterocycles. The summed E-state index contributed by atoms with van der Waals surface area (Å²) < 4.78 is 25.2. The molecule has 1 aromatic rings. The summed E-state index contributed by atoms with van der Waals surface area (Å²) in [6.07, 6.45) is -0.691. The Balaban J connectivity index is 2.30. The first-order valence-corrected chi connectivity index (χ1v) is 6.63.